The molecule has 1 aromatic heterocycles. The highest BCUT2D eigenvalue weighted by Crippen LogP contribution is 2.18. The first-order valence-electron chi connectivity index (χ1n) is 7.93. The van der Waals surface area contributed by atoms with Gasteiger partial charge in [0.1, 0.15) is 5.82 Å². The van der Waals surface area contributed by atoms with E-state index in [0.717, 1.165) is 11.3 Å². The molecule has 0 aliphatic rings. The summed E-state index contributed by atoms with van der Waals surface area (Å²) in [5.74, 6) is 0.240. The number of hydrogen-bond donors (Lipinski definition) is 2. The van der Waals surface area contributed by atoms with E-state index in [1.165, 1.54) is 11.8 Å². The molecule has 1 heterocycles. The number of aryl methyl sites for hydroxylation is 1. The third kappa shape index (κ3) is 4.58. The Kier molecular flexibility index (Phi) is 5.31. The fourth-order valence-electron chi connectivity index (χ4n) is 2.37. The van der Waals surface area contributed by atoms with Gasteiger partial charge in [-0.25, -0.2) is 4.98 Å². The predicted molar refractivity (Wildman–Crippen MR) is 102 cm³/mol. The van der Waals surface area contributed by atoms with E-state index < -0.39 is 0 Å². The quantitative estimate of drug-likeness (QED) is 0.686. The molecule has 3 aromatic rings. The molecule has 126 valence electrons. The standard InChI is InChI=1S/C20H18ClN3O/c1-14-6-8-15(9-7-14)12-22-18-5-3-2-4-17(18)20(25)24-19-11-10-16(21)13-23-19/h2-11,13,22H,12H2,1H3,(H,23,24,25). The Hall–Kier alpha value is -2.85. The van der Waals surface area contributed by atoms with E-state index in [-0.39, 0.29) is 5.91 Å². The number of carbonyl (C=O) groups is 1. The minimum Gasteiger partial charge on any atom is -0.380 e. The van der Waals surface area contributed by atoms with Crippen molar-refractivity contribution in [3.8, 4) is 0 Å². The first-order chi connectivity index (χ1) is 12.1. The van der Waals surface area contributed by atoms with Gasteiger partial charge < -0.3 is 10.6 Å². The molecule has 0 spiro atoms. The fraction of sp³-hybridized carbons (Fsp3) is 0.100. The van der Waals surface area contributed by atoms with Gasteiger partial charge in [-0.15, -0.1) is 0 Å². The highest BCUT2D eigenvalue weighted by Gasteiger charge is 2.11. The van der Waals surface area contributed by atoms with Crippen molar-refractivity contribution in [1.29, 1.82) is 0 Å². The lowest BCUT2D eigenvalue weighted by Crippen LogP contribution is -2.15. The van der Waals surface area contributed by atoms with E-state index in [2.05, 4.69) is 46.8 Å². The number of aromatic nitrogens is 1. The SMILES string of the molecule is Cc1ccc(CNc2ccccc2C(=O)Nc2ccc(Cl)cn2)cc1. The van der Waals surface area contributed by atoms with Crippen LogP contribution in [0.15, 0.2) is 66.9 Å². The summed E-state index contributed by atoms with van der Waals surface area (Å²) in [6.07, 6.45) is 1.50. The Labute approximate surface area is 151 Å². The molecule has 2 N–H and O–H groups in total. The average Bonchev–Trinajstić information content (AvgIpc) is 2.63. The molecule has 25 heavy (non-hydrogen) atoms. The number of rotatable bonds is 5. The Morgan fingerprint density at radius 1 is 1.04 bits per heavy atom. The number of amides is 1. The molecule has 2 aromatic carbocycles. The molecule has 1 amide bonds. The van der Waals surface area contributed by atoms with Crippen LogP contribution in [0.2, 0.25) is 5.02 Å². The maximum Gasteiger partial charge on any atom is 0.258 e. The zero-order valence-corrected chi connectivity index (χ0v) is 14.5. The smallest absolute Gasteiger partial charge is 0.258 e. The lowest BCUT2D eigenvalue weighted by molar-refractivity contribution is 0.102. The van der Waals surface area contributed by atoms with Gasteiger partial charge in [0.05, 0.1) is 10.6 Å². The van der Waals surface area contributed by atoms with Crippen LogP contribution in [-0.2, 0) is 6.54 Å². The first kappa shape index (κ1) is 17.0. The number of pyridine rings is 1. The first-order valence-corrected chi connectivity index (χ1v) is 8.31. The molecule has 0 aliphatic carbocycles. The maximum atomic E-state index is 12.6. The van der Waals surface area contributed by atoms with Crippen LogP contribution in [0.3, 0.4) is 0 Å². The van der Waals surface area contributed by atoms with Crippen molar-refractivity contribution in [2.75, 3.05) is 10.6 Å². The highest BCUT2D eigenvalue weighted by atomic mass is 35.5. The second kappa shape index (κ2) is 7.81. The summed E-state index contributed by atoms with van der Waals surface area (Å²) in [6, 6.07) is 19.0. The summed E-state index contributed by atoms with van der Waals surface area (Å²) in [7, 11) is 0. The average molecular weight is 352 g/mol. The van der Waals surface area contributed by atoms with E-state index in [9.17, 15) is 4.79 Å². The van der Waals surface area contributed by atoms with Gasteiger partial charge in [-0.05, 0) is 36.8 Å². The van der Waals surface area contributed by atoms with Gasteiger partial charge in [-0.2, -0.15) is 0 Å². The predicted octanol–water partition coefficient (Wildman–Crippen LogP) is 4.91. The van der Waals surface area contributed by atoms with Crippen molar-refractivity contribution < 1.29 is 4.79 Å². The summed E-state index contributed by atoms with van der Waals surface area (Å²) in [4.78, 5) is 16.6. The van der Waals surface area contributed by atoms with Gasteiger partial charge in [0, 0.05) is 18.4 Å². The number of nitrogens with zero attached hydrogens (tertiary/aromatic N) is 1. The molecule has 0 saturated heterocycles. The number of benzene rings is 2. The van der Waals surface area contributed by atoms with Gasteiger partial charge >= 0.3 is 0 Å². The largest absolute Gasteiger partial charge is 0.380 e. The summed E-state index contributed by atoms with van der Waals surface area (Å²) in [5, 5.41) is 6.63. The topological polar surface area (TPSA) is 54.0 Å². The Bertz CT molecular complexity index is 861. The molecule has 0 unspecified atom stereocenters. The van der Waals surface area contributed by atoms with E-state index in [1.807, 2.05) is 18.2 Å². The normalized spacial score (nSPS) is 10.3. The number of halogens is 1. The number of para-hydroxylation sites is 1. The molecule has 3 rings (SSSR count). The Morgan fingerprint density at radius 3 is 2.52 bits per heavy atom. The molecule has 4 nitrogen and oxygen atoms in total. The summed E-state index contributed by atoms with van der Waals surface area (Å²) in [6.45, 7) is 2.70. The molecule has 0 radical (unpaired) electrons. The van der Waals surface area contributed by atoms with Crippen molar-refractivity contribution in [3.63, 3.8) is 0 Å². The van der Waals surface area contributed by atoms with Crippen LogP contribution in [0.25, 0.3) is 0 Å². The lowest BCUT2D eigenvalue weighted by Gasteiger charge is -2.12. The minimum absolute atomic E-state index is 0.221. The second-order valence-electron chi connectivity index (χ2n) is 5.70. The van der Waals surface area contributed by atoms with Crippen molar-refractivity contribution in [2.24, 2.45) is 0 Å². The van der Waals surface area contributed by atoms with Crippen LogP contribution < -0.4 is 10.6 Å². The molecule has 0 fully saturated rings. The van der Waals surface area contributed by atoms with E-state index >= 15 is 0 Å². The Balaban J connectivity index is 1.72. The fourth-order valence-corrected chi connectivity index (χ4v) is 2.48. The van der Waals surface area contributed by atoms with Gasteiger partial charge in [0.2, 0.25) is 0 Å². The van der Waals surface area contributed by atoms with Crippen LogP contribution in [0.1, 0.15) is 21.5 Å². The zero-order chi connectivity index (χ0) is 17.6. The van der Waals surface area contributed by atoms with Crippen molar-refractivity contribution in [2.45, 2.75) is 13.5 Å². The third-order valence-electron chi connectivity index (χ3n) is 3.74. The number of hydrogen-bond acceptors (Lipinski definition) is 3. The maximum absolute atomic E-state index is 12.6. The lowest BCUT2D eigenvalue weighted by atomic mass is 10.1. The zero-order valence-electron chi connectivity index (χ0n) is 13.8. The van der Waals surface area contributed by atoms with Crippen LogP contribution in [0, 0.1) is 6.92 Å². The molecule has 0 atom stereocenters. The minimum atomic E-state index is -0.221. The van der Waals surface area contributed by atoms with Crippen LogP contribution in [-0.4, -0.2) is 10.9 Å². The monoisotopic (exact) mass is 351 g/mol. The van der Waals surface area contributed by atoms with Gasteiger partial charge in [0.15, 0.2) is 0 Å². The Morgan fingerprint density at radius 2 is 1.80 bits per heavy atom. The number of carbonyl (C=O) groups excluding carboxylic acids is 1. The molecule has 5 heteroatoms. The highest BCUT2D eigenvalue weighted by molar-refractivity contribution is 6.30. The van der Waals surface area contributed by atoms with Crippen molar-refractivity contribution >= 4 is 29.0 Å². The van der Waals surface area contributed by atoms with E-state index in [0.29, 0.717) is 22.9 Å². The summed E-state index contributed by atoms with van der Waals surface area (Å²) in [5.41, 5.74) is 3.71. The van der Waals surface area contributed by atoms with Gasteiger partial charge in [-0.3, -0.25) is 4.79 Å². The van der Waals surface area contributed by atoms with Gasteiger partial charge in [-0.1, -0.05) is 53.6 Å². The van der Waals surface area contributed by atoms with Gasteiger partial charge in [0.25, 0.3) is 5.91 Å². The molecular formula is C20H18ClN3O. The summed E-state index contributed by atoms with van der Waals surface area (Å²) < 4.78 is 0. The third-order valence-corrected chi connectivity index (χ3v) is 3.97. The van der Waals surface area contributed by atoms with Crippen LogP contribution in [0.5, 0.6) is 0 Å². The van der Waals surface area contributed by atoms with Crippen LogP contribution >= 0.6 is 11.6 Å². The molecular weight excluding hydrogens is 334 g/mol. The molecule has 0 saturated carbocycles. The van der Waals surface area contributed by atoms with Crippen molar-refractivity contribution in [1.82, 2.24) is 4.98 Å². The number of nitrogens with one attached hydrogen (secondary N) is 2. The van der Waals surface area contributed by atoms with Crippen molar-refractivity contribution in [3.05, 3.63) is 88.6 Å². The number of anilines is 2. The molecule has 0 bridgehead atoms. The van der Waals surface area contributed by atoms with E-state index in [1.54, 1.807) is 18.2 Å². The molecule has 0 aliphatic heterocycles. The second-order valence-corrected chi connectivity index (χ2v) is 6.14. The van der Waals surface area contributed by atoms with E-state index in [4.69, 9.17) is 11.6 Å². The van der Waals surface area contributed by atoms with Crippen LogP contribution in [0.4, 0.5) is 11.5 Å². The summed E-state index contributed by atoms with van der Waals surface area (Å²) >= 11 is 5.81.